The van der Waals surface area contributed by atoms with Crippen molar-refractivity contribution in [3.63, 3.8) is 0 Å². The van der Waals surface area contributed by atoms with Crippen molar-refractivity contribution >= 4 is 10.0 Å². The second kappa shape index (κ2) is 6.94. The standard InChI is InChI=1S/C17H21NO3S/c1-4-17(14-7-9-15(21-3)10-8-14)18-22(19,20)16-11-5-13(2)6-12-16/h5-12,17-18H,4H2,1-3H3/t17-/m1/s1. The Labute approximate surface area is 132 Å². The molecule has 0 radical (unpaired) electrons. The van der Waals surface area contributed by atoms with E-state index < -0.39 is 10.0 Å². The lowest BCUT2D eigenvalue weighted by molar-refractivity contribution is 0.414. The Morgan fingerprint density at radius 3 is 2.14 bits per heavy atom. The van der Waals surface area contributed by atoms with Crippen molar-refractivity contribution in [3.05, 3.63) is 59.7 Å². The van der Waals surface area contributed by atoms with E-state index >= 15 is 0 Å². The van der Waals surface area contributed by atoms with E-state index in [9.17, 15) is 8.42 Å². The first kappa shape index (κ1) is 16.5. The molecule has 0 saturated heterocycles. The average Bonchev–Trinajstić information content (AvgIpc) is 2.53. The molecule has 118 valence electrons. The number of hydrogen-bond donors (Lipinski definition) is 1. The van der Waals surface area contributed by atoms with Gasteiger partial charge in [-0.15, -0.1) is 0 Å². The van der Waals surface area contributed by atoms with E-state index in [1.807, 2.05) is 38.1 Å². The summed E-state index contributed by atoms with van der Waals surface area (Å²) < 4.78 is 32.8. The van der Waals surface area contributed by atoms with E-state index in [1.54, 1.807) is 31.4 Å². The van der Waals surface area contributed by atoms with Gasteiger partial charge in [-0.3, -0.25) is 0 Å². The highest BCUT2D eigenvalue weighted by Crippen LogP contribution is 2.22. The van der Waals surface area contributed by atoms with Gasteiger partial charge in [-0.1, -0.05) is 36.8 Å². The van der Waals surface area contributed by atoms with E-state index in [0.29, 0.717) is 6.42 Å². The minimum atomic E-state index is -3.53. The van der Waals surface area contributed by atoms with E-state index in [1.165, 1.54) is 0 Å². The number of methoxy groups -OCH3 is 1. The molecule has 0 aromatic heterocycles. The molecule has 22 heavy (non-hydrogen) atoms. The topological polar surface area (TPSA) is 55.4 Å². The first-order chi connectivity index (χ1) is 10.5. The Kier molecular flexibility index (Phi) is 5.21. The number of rotatable bonds is 6. The third kappa shape index (κ3) is 3.87. The Hall–Kier alpha value is -1.85. The summed E-state index contributed by atoms with van der Waals surface area (Å²) in [6.07, 6.45) is 0.664. The van der Waals surface area contributed by atoms with Crippen LogP contribution >= 0.6 is 0 Å². The SMILES string of the molecule is CC[C@@H](NS(=O)(=O)c1ccc(C)cc1)c1ccc(OC)cc1. The van der Waals surface area contributed by atoms with E-state index in [-0.39, 0.29) is 10.9 Å². The number of ether oxygens (including phenoxy) is 1. The molecular formula is C17H21NO3S. The molecule has 0 fully saturated rings. The van der Waals surface area contributed by atoms with Crippen LogP contribution in [0.3, 0.4) is 0 Å². The van der Waals surface area contributed by atoms with Gasteiger partial charge in [0.15, 0.2) is 0 Å². The van der Waals surface area contributed by atoms with Crippen molar-refractivity contribution in [1.29, 1.82) is 0 Å². The Bertz CT molecular complexity index is 707. The largest absolute Gasteiger partial charge is 0.497 e. The molecule has 1 atom stereocenters. The molecule has 5 heteroatoms. The predicted octanol–water partition coefficient (Wildman–Crippen LogP) is 3.43. The Morgan fingerprint density at radius 2 is 1.64 bits per heavy atom. The summed E-state index contributed by atoms with van der Waals surface area (Å²) >= 11 is 0. The zero-order valence-electron chi connectivity index (χ0n) is 13.0. The van der Waals surface area contributed by atoms with Crippen LogP contribution in [-0.2, 0) is 10.0 Å². The molecule has 0 bridgehead atoms. The normalized spacial score (nSPS) is 12.9. The van der Waals surface area contributed by atoms with Gasteiger partial charge >= 0.3 is 0 Å². The van der Waals surface area contributed by atoms with E-state index in [0.717, 1.165) is 16.9 Å². The van der Waals surface area contributed by atoms with Crippen molar-refractivity contribution in [2.75, 3.05) is 7.11 Å². The molecule has 0 saturated carbocycles. The summed E-state index contributed by atoms with van der Waals surface area (Å²) in [5.41, 5.74) is 1.94. The van der Waals surface area contributed by atoms with E-state index in [4.69, 9.17) is 4.74 Å². The molecule has 2 rings (SSSR count). The maximum absolute atomic E-state index is 12.5. The lowest BCUT2D eigenvalue weighted by Gasteiger charge is -2.18. The molecule has 0 aliphatic carbocycles. The number of benzene rings is 2. The van der Waals surface area contributed by atoms with Gasteiger partial charge in [0.25, 0.3) is 0 Å². The highest BCUT2D eigenvalue weighted by Gasteiger charge is 2.20. The van der Waals surface area contributed by atoms with Crippen LogP contribution in [0.5, 0.6) is 5.75 Å². The highest BCUT2D eigenvalue weighted by molar-refractivity contribution is 7.89. The smallest absolute Gasteiger partial charge is 0.241 e. The van der Waals surface area contributed by atoms with E-state index in [2.05, 4.69) is 4.72 Å². The lowest BCUT2D eigenvalue weighted by atomic mass is 10.1. The number of hydrogen-bond acceptors (Lipinski definition) is 3. The molecule has 0 aliphatic rings. The van der Waals surface area contributed by atoms with Gasteiger partial charge in [-0.25, -0.2) is 13.1 Å². The molecule has 1 N–H and O–H groups in total. The lowest BCUT2D eigenvalue weighted by Crippen LogP contribution is -2.28. The fraction of sp³-hybridized carbons (Fsp3) is 0.294. The molecule has 0 aliphatic heterocycles. The average molecular weight is 319 g/mol. The molecule has 0 spiro atoms. The second-order valence-corrected chi connectivity index (χ2v) is 6.88. The summed E-state index contributed by atoms with van der Waals surface area (Å²) in [4.78, 5) is 0.282. The summed E-state index contributed by atoms with van der Waals surface area (Å²) in [6, 6.07) is 14.0. The van der Waals surface area contributed by atoms with Gasteiger partial charge in [-0.05, 0) is 43.2 Å². The van der Waals surface area contributed by atoms with Crippen LogP contribution in [0.25, 0.3) is 0 Å². The zero-order chi connectivity index (χ0) is 16.2. The summed E-state index contributed by atoms with van der Waals surface area (Å²) in [5.74, 6) is 0.750. The summed E-state index contributed by atoms with van der Waals surface area (Å²) in [7, 11) is -1.93. The van der Waals surface area contributed by atoms with Crippen molar-refractivity contribution in [2.45, 2.75) is 31.2 Å². The quantitative estimate of drug-likeness (QED) is 0.887. The van der Waals surface area contributed by atoms with Crippen molar-refractivity contribution < 1.29 is 13.2 Å². The van der Waals surface area contributed by atoms with Gasteiger partial charge in [0, 0.05) is 6.04 Å². The number of sulfonamides is 1. The fourth-order valence-electron chi connectivity index (χ4n) is 2.20. The first-order valence-corrected chi connectivity index (χ1v) is 8.67. The molecule has 0 unspecified atom stereocenters. The van der Waals surface area contributed by atoms with Crippen LogP contribution in [0.15, 0.2) is 53.4 Å². The van der Waals surface area contributed by atoms with Gasteiger partial charge in [0.1, 0.15) is 5.75 Å². The van der Waals surface area contributed by atoms with Crippen LogP contribution in [0.2, 0.25) is 0 Å². The second-order valence-electron chi connectivity index (χ2n) is 5.17. The minimum absolute atomic E-state index is 0.266. The Balaban J connectivity index is 2.22. The summed E-state index contributed by atoms with van der Waals surface area (Å²) in [5, 5.41) is 0. The molecule has 0 heterocycles. The van der Waals surface area contributed by atoms with Crippen molar-refractivity contribution in [1.82, 2.24) is 4.72 Å². The predicted molar refractivity (Wildman–Crippen MR) is 87.5 cm³/mol. The number of aryl methyl sites for hydroxylation is 1. The van der Waals surface area contributed by atoms with Crippen molar-refractivity contribution in [2.24, 2.45) is 0 Å². The van der Waals surface area contributed by atoms with Crippen molar-refractivity contribution in [3.8, 4) is 5.75 Å². The molecule has 4 nitrogen and oxygen atoms in total. The third-order valence-electron chi connectivity index (χ3n) is 3.56. The summed E-state index contributed by atoms with van der Waals surface area (Å²) in [6.45, 7) is 3.88. The van der Waals surface area contributed by atoms with Crippen LogP contribution in [0.1, 0.15) is 30.5 Å². The fourth-order valence-corrected chi connectivity index (χ4v) is 3.50. The van der Waals surface area contributed by atoms with Crippen LogP contribution in [0.4, 0.5) is 0 Å². The number of nitrogens with one attached hydrogen (secondary N) is 1. The maximum atomic E-state index is 12.5. The third-order valence-corrected chi connectivity index (χ3v) is 5.04. The minimum Gasteiger partial charge on any atom is -0.497 e. The monoisotopic (exact) mass is 319 g/mol. The van der Waals surface area contributed by atoms with Crippen LogP contribution in [0, 0.1) is 6.92 Å². The zero-order valence-corrected chi connectivity index (χ0v) is 13.9. The van der Waals surface area contributed by atoms with Gasteiger partial charge in [0.05, 0.1) is 12.0 Å². The Morgan fingerprint density at radius 1 is 1.05 bits per heavy atom. The maximum Gasteiger partial charge on any atom is 0.241 e. The van der Waals surface area contributed by atoms with Crippen LogP contribution < -0.4 is 9.46 Å². The molecule has 2 aromatic carbocycles. The van der Waals surface area contributed by atoms with Gasteiger partial charge < -0.3 is 4.74 Å². The molecule has 2 aromatic rings. The van der Waals surface area contributed by atoms with Crippen LogP contribution in [-0.4, -0.2) is 15.5 Å². The highest BCUT2D eigenvalue weighted by atomic mass is 32.2. The van der Waals surface area contributed by atoms with Gasteiger partial charge in [0.2, 0.25) is 10.0 Å². The first-order valence-electron chi connectivity index (χ1n) is 7.19. The van der Waals surface area contributed by atoms with Gasteiger partial charge in [-0.2, -0.15) is 0 Å². The molecule has 0 amide bonds. The molecular weight excluding hydrogens is 298 g/mol.